The normalized spacial score (nSPS) is 10.5. The molecular weight excluding hydrogens is 311 g/mol. The van der Waals surface area contributed by atoms with E-state index in [1.807, 2.05) is 0 Å². The van der Waals surface area contributed by atoms with E-state index in [4.69, 9.17) is 0 Å². The Kier molecular flexibility index (Phi) is 5.68. The molecule has 2 amide bonds. The number of nitrogens with one attached hydrogen (secondary N) is 1. The molecule has 1 aromatic heterocycles. The van der Waals surface area contributed by atoms with Gasteiger partial charge in [0.15, 0.2) is 0 Å². The minimum Gasteiger partial charge on any atom is -0.344 e. The third-order valence-corrected chi connectivity index (χ3v) is 3.71. The third kappa shape index (κ3) is 4.65. The molecule has 0 radical (unpaired) electrons. The smallest absolute Gasteiger partial charge is 0.269 e. The first-order chi connectivity index (χ1) is 11.4. The van der Waals surface area contributed by atoms with Gasteiger partial charge >= 0.3 is 0 Å². The molecule has 0 aliphatic carbocycles. The molecule has 24 heavy (non-hydrogen) atoms. The molecule has 0 saturated heterocycles. The highest BCUT2D eigenvalue weighted by molar-refractivity contribution is 5.95. The van der Waals surface area contributed by atoms with Crippen molar-refractivity contribution in [3.05, 3.63) is 53.1 Å². The maximum Gasteiger partial charge on any atom is 0.269 e. The SMILES string of the molecule is Cc1cc(C(=O)NCC(=O)N(C)CCc2ccc(F)cc2)n(C)n1. The van der Waals surface area contributed by atoms with E-state index in [9.17, 15) is 14.0 Å². The highest BCUT2D eigenvalue weighted by Gasteiger charge is 2.14. The molecule has 0 aliphatic heterocycles. The van der Waals surface area contributed by atoms with Crippen LogP contribution in [0.3, 0.4) is 0 Å². The predicted octanol–water partition coefficient (Wildman–Crippen LogP) is 1.30. The molecule has 2 rings (SSSR count). The zero-order valence-electron chi connectivity index (χ0n) is 14.0. The minimum absolute atomic E-state index is 0.0804. The first-order valence-electron chi connectivity index (χ1n) is 7.64. The van der Waals surface area contributed by atoms with Crippen molar-refractivity contribution in [2.45, 2.75) is 13.3 Å². The molecular formula is C17H21FN4O2. The molecule has 0 saturated carbocycles. The van der Waals surface area contributed by atoms with E-state index in [1.165, 1.54) is 21.7 Å². The lowest BCUT2D eigenvalue weighted by Crippen LogP contribution is -2.39. The molecule has 0 bridgehead atoms. The molecule has 6 nitrogen and oxygen atoms in total. The summed E-state index contributed by atoms with van der Waals surface area (Å²) >= 11 is 0. The number of carbonyl (C=O) groups is 2. The van der Waals surface area contributed by atoms with E-state index in [0.29, 0.717) is 18.7 Å². The topological polar surface area (TPSA) is 67.2 Å². The van der Waals surface area contributed by atoms with Crippen LogP contribution in [0.1, 0.15) is 21.7 Å². The van der Waals surface area contributed by atoms with Gasteiger partial charge < -0.3 is 10.2 Å². The van der Waals surface area contributed by atoms with Crippen LogP contribution in [0.2, 0.25) is 0 Å². The van der Waals surface area contributed by atoms with Crippen LogP contribution < -0.4 is 5.32 Å². The summed E-state index contributed by atoms with van der Waals surface area (Å²) in [5.74, 6) is -0.806. The van der Waals surface area contributed by atoms with Crippen LogP contribution in [0.25, 0.3) is 0 Å². The Morgan fingerprint density at radius 3 is 2.54 bits per heavy atom. The van der Waals surface area contributed by atoms with Crippen LogP contribution in [-0.2, 0) is 18.3 Å². The molecule has 0 aliphatic rings. The molecule has 0 spiro atoms. The summed E-state index contributed by atoms with van der Waals surface area (Å²) in [6.45, 7) is 2.21. The summed E-state index contributed by atoms with van der Waals surface area (Å²) in [5, 5.41) is 6.70. The van der Waals surface area contributed by atoms with Gasteiger partial charge in [-0.15, -0.1) is 0 Å². The van der Waals surface area contributed by atoms with Crippen molar-refractivity contribution < 1.29 is 14.0 Å². The molecule has 2 aromatic rings. The molecule has 128 valence electrons. The number of carbonyl (C=O) groups excluding carboxylic acids is 2. The first-order valence-corrected chi connectivity index (χ1v) is 7.64. The highest BCUT2D eigenvalue weighted by atomic mass is 19.1. The summed E-state index contributed by atoms with van der Waals surface area (Å²) < 4.78 is 14.3. The Bertz CT molecular complexity index is 725. The van der Waals surface area contributed by atoms with Gasteiger partial charge in [-0.1, -0.05) is 12.1 Å². The van der Waals surface area contributed by atoms with Gasteiger partial charge in [-0.2, -0.15) is 5.10 Å². The Balaban J connectivity index is 1.80. The zero-order valence-corrected chi connectivity index (χ0v) is 14.0. The summed E-state index contributed by atoms with van der Waals surface area (Å²) in [6.07, 6.45) is 0.622. The minimum atomic E-state index is -0.335. The van der Waals surface area contributed by atoms with E-state index in [2.05, 4.69) is 10.4 Å². The second-order valence-electron chi connectivity index (χ2n) is 5.67. The maximum atomic E-state index is 12.8. The Morgan fingerprint density at radius 1 is 1.29 bits per heavy atom. The fraction of sp³-hybridized carbons (Fsp3) is 0.353. The number of likely N-dealkylation sites (N-methyl/N-ethyl adjacent to an activating group) is 1. The average Bonchev–Trinajstić information content (AvgIpc) is 2.90. The van der Waals surface area contributed by atoms with Gasteiger partial charge in [0, 0.05) is 20.6 Å². The van der Waals surface area contributed by atoms with E-state index in [-0.39, 0.29) is 24.2 Å². The van der Waals surface area contributed by atoms with E-state index >= 15 is 0 Å². The number of halogens is 1. The number of hydrogen-bond donors (Lipinski definition) is 1. The second kappa shape index (κ2) is 7.72. The van der Waals surface area contributed by atoms with Gasteiger partial charge in [-0.05, 0) is 37.1 Å². The standard InChI is InChI=1S/C17H21FN4O2/c1-12-10-15(22(3)20-12)17(24)19-11-16(23)21(2)9-8-13-4-6-14(18)7-5-13/h4-7,10H,8-9,11H2,1-3H3,(H,19,24). The van der Waals surface area contributed by atoms with Gasteiger partial charge in [-0.25, -0.2) is 4.39 Å². The predicted molar refractivity (Wildman–Crippen MR) is 88.0 cm³/mol. The molecule has 0 unspecified atom stereocenters. The Hall–Kier alpha value is -2.70. The second-order valence-corrected chi connectivity index (χ2v) is 5.67. The summed E-state index contributed by atoms with van der Waals surface area (Å²) in [5.41, 5.74) is 2.10. The van der Waals surface area contributed by atoms with Gasteiger partial charge in [0.1, 0.15) is 11.5 Å². The monoisotopic (exact) mass is 332 g/mol. The van der Waals surface area contributed by atoms with Crippen LogP contribution in [0.4, 0.5) is 4.39 Å². The number of hydrogen-bond acceptors (Lipinski definition) is 3. The van der Waals surface area contributed by atoms with Gasteiger partial charge in [-0.3, -0.25) is 14.3 Å². The lowest BCUT2D eigenvalue weighted by molar-refractivity contribution is -0.128. The van der Waals surface area contributed by atoms with Crippen LogP contribution >= 0.6 is 0 Å². The fourth-order valence-corrected chi connectivity index (χ4v) is 2.28. The van der Waals surface area contributed by atoms with Gasteiger partial charge in [0.05, 0.1) is 12.2 Å². The van der Waals surface area contributed by atoms with Crippen LogP contribution in [0.5, 0.6) is 0 Å². The van der Waals surface area contributed by atoms with Crippen molar-refractivity contribution in [3.63, 3.8) is 0 Å². The highest BCUT2D eigenvalue weighted by Crippen LogP contribution is 2.04. The van der Waals surface area contributed by atoms with Crippen molar-refractivity contribution in [3.8, 4) is 0 Å². The lowest BCUT2D eigenvalue weighted by atomic mass is 10.1. The largest absolute Gasteiger partial charge is 0.344 e. The quantitative estimate of drug-likeness (QED) is 0.867. The molecule has 0 atom stereocenters. The Morgan fingerprint density at radius 2 is 1.96 bits per heavy atom. The molecule has 7 heteroatoms. The fourth-order valence-electron chi connectivity index (χ4n) is 2.28. The number of rotatable bonds is 6. The van der Waals surface area contributed by atoms with Crippen molar-refractivity contribution in [1.82, 2.24) is 20.0 Å². The lowest BCUT2D eigenvalue weighted by Gasteiger charge is -2.17. The average molecular weight is 332 g/mol. The number of aromatic nitrogens is 2. The van der Waals surface area contributed by atoms with E-state index in [1.54, 1.807) is 39.2 Å². The molecule has 0 fully saturated rings. The zero-order chi connectivity index (χ0) is 17.7. The van der Waals surface area contributed by atoms with E-state index < -0.39 is 0 Å². The molecule has 1 aromatic carbocycles. The van der Waals surface area contributed by atoms with Crippen LogP contribution in [0.15, 0.2) is 30.3 Å². The van der Waals surface area contributed by atoms with Crippen molar-refractivity contribution in [1.29, 1.82) is 0 Å². The third-order valence-electron chi connectivity index (χ3n) is 3.71. The van der Waals surface area contributed by atoms with Crippen LogP contribution in [-0.4, -0.2) is 46.6 Å². The number of aryl methyl sites for hydroxylation is 2. The maximum absolute atomic E-state index is 12.8. The van der Waals surface area contributed by atoms with Gasteiger partial charge in [0.2, 0.25) is 5.91 Å². The van der Waals surface area contributed by atoms with Crippen molar-refractivity contribution in [2.75, 3.05) is 20.1 Å². The molecule has 1 heterocycles. The summed E-state index contributed by atoms with van der Waals surface area (Å²) in [7, 11) is 3.35. The van der Waals surface area contributed by atoms with Crippen molar-refractivity contribution in [2.24, 2.45) is 7.05 Å². The first kappa shape index (κ1) is 17.7. The summed E-state index contributed by atoms with van der Waals surface area (Å²) in [6, 6.07) is 7.85. The van der Waals surface area contributed by atoms with Crippen LogP contribution in [0, 0.1) is 12.7 Å². The number of benzene rings is 1. The van der Waals surface area contributed by atoms with Crippen molar-refractivity contribution >= 4 is 11.8 Å². The summed E-state index contributed by atoms with van der Waals surface area (Å²) in [4.78, 5) is 25.7. The van der Waals surface area contributed by atoms with E-state index in [0.717, 1.165) is 11.3 Å². The number of nitrogens with zero attached hydrogens (tertiary/aromatic N) is 3. The number of amides is 2. The van der Waals surface area contributed by atoms with Gasteiger partial charge in [0.25, 0.3) is 5.91 Å². The molecule has 1 N–H and O–H groups in total. The Labute approximate surface area is 140 Å².